The van der Waals surface area contributed by atoms with Crippen molar-refractivity contribution in [1.82, 2.24) is 0 Å². The predicted octanol–water partition coefficient (Wildman–Crippen LogP) is 2.88. The minimum Gasteiger partial charge on any atom is -0.269 e. The van der Waals surface area contributed by atoms with Crippen LogP contribution in [-0.2, 0) is 6.04 Å². The maximum absolute atomic E-state index is 2.27. The quantitative estimate of drug-likeness (QED) is 0.526. The Bertz CT molecular complexity index is 202. The summed E-state index contributed by atoms with van der Waals surface area (Å²) in [4.78, 5) is 0. The Morgan fingerprint density at radius 2 is 1.71 bits per heavy atom. The predicted molar refractivity (Wildman–Crippen MR) is 63.4 cm³/mol. The lowest BCUT2D eigenvalue weighted by molar-refractivity contribution is 0.877. The number of hydrogen-bond donors (Lipinski definition) is 0. The molecule has 0 heterocycles. The summed E-state index contributed by atoms with van der Waals surface area (Å²) in [7, 11) is 0.202. The van der Waals surface area contributed by atoms with E-state index in [0.717, 1.165) is 0 Å². The highest BCUT2D eigenvalue weighted by atomic mass is 28.2. The summed E-state index contributed by atoms with van der Waals surface area (Å²) in [5.41, 5.74) is 1.54. The van der Waals surface area contributed by atoms with Crippen LogP contribution in [0.2, 0.25) is 6.04 Å². The molecule has 0 fully saturated rings. The van der Waals surface area contributed by atoms with Crippen LogP contribution < -0.4 is 0 Å². The van der Waals surface area contributed by atoms with Crippen LogP contribution in [0.25, 0.3) is 0 Å². The first-order valence-electron chi connectivity index (χ1n) is 4.97. The SMILES string of the molecule is CCCC[SiH2]Cc1ccccc1.F.F. The molecule has 0 atom stereocenters. The molecule has 0 aliphatic rings. The highest BCUT2D eigenvalue weighted by Crippen LogP contribution is 2.01. The Morgan fingerprint density at radius 1 is 1.07 bits per heavy atom. The van der Waals surface area contributed by atoms with Crippen LogP contribution in [0.5, 0.6) is 0 Å². The molecule has 3 heteroatoms. The largest absolute Gasteiger partial charge is 0.269 e. The lowest BCUT2D eigenvalue weighted by Gasteiger charge is -1.98. The van der Waals surface area contributed by atoms with Crippen molar-refractivity contribution in [3.63, 3.8) is 0 Å². The topological polar surface area (TPSA) is 0 Å². The van der Waals surface area contributed by atoms with E-state index in [2.05, 4.69) is 37.3 Å². The number of hydrogen-bond acceptors (Lipinski definition) is 0. The monoisotopic (exact) mass is 218 g/mol. The minimum atomic E-state index is 0. The number of unbranched alkanes of at least 4 members (excludes halogenated alkanes) is 1. The van der Waals surface area contributed by atoms with E-state index in [-0.39, 0.29) is 18.9 Å². The fourth-order valence-electron chi connectivity index (χ4n) is 1.40. The zero-order valence-electron chi connectivity index (χ0n) is 8.74. The molecular formula is C11H20F2Si. The van der Waals surface area contributed by atoms with Gasteiger partial charge >= 0.3 is 0 Å². The highest BCUT2D eigenvalue weighted by Gasteiger charge is 1.91. The molecule has 0 saturated carbocycles. The van der Waals surface area contributed by atoms with E-state index < -0.39 is 0 Å². The fraction of sp³-hybridized carbons (Fsp3) is 0.455. The van der Waals surface area contributed by atoms with Crippen molar-refractivity contribution in [1.29, 1.82) is 0 Å². The van der Waals surface area contributed by atoms with Crippen molar-refractivity contribution < 1.29 is 9.41 Å². The summed E-state index contributed by atoms with van der Waals surface area (Å²) >= 11 is 0. The van der Waals surface area contributed by atoms with E-state index >= 15 is 0 Å². The van der Waals surface area contributed by atoms with Crippen molar-refractivity contribution in [2.75, 3.05) is 0 Å². The maximum atomic E-state index is 2.27. The molecule has 0 N–H and O–H groups in total. The van der Waals surface area contributed by atoms with Gasteiger partial charge < -0.3 is 0 Å². The summed E-state index contributed by atoms with van der Waals surface area (Å²) < 4.78 is 0. The molecule has 0 spiro atoms. The molecule has 1 aromatic carbocycles. The van der Waals surface area contributed by atoms with Gasteiger partial charge in [-0.2, -0.15) is 0 Å². The van der Waals surface area contributed by atoms with Gasteiger partial charge in [0.2, 0.25) is 0 Å². The molecule has 82 valence electrons. The average Bonchev–Trinajstić information content (AvgIpc) is 2.14. The van der Waals surface area contributed by atoms with E-state index in [1.165, 1.54) is 24.9 Å². The van der Waals surface area contributed by atoms with E-state index in [9.17, 15) is 0 Å². The summed E-state index contributed by atoms with van der Waals surface area (Å²) in [5, 5.41) is 0. The molecular weight excluding hydrogens is 198 g/mol. The summed E-state index contributed by atoms with van der Waals surface area (Å²) in [6.45, 7) is 2.27. The van der Waals surface area contributed by atoms with Crippen molar-refractivity contribution in [2.45, 2.75) is 31.9 Å². The second-order valence-corrected chi connectivity index (χ2v) is 5.21. The van der Waals surface area contributed by atoms with Gasteiger partial charge in [-0.05, 0) is 6.04 Å². The third kappa shape index (κ3) is 6.77. The maximum Gasteiger partial charge on any atom is 0.0247 e. The van der Waals surface area contributed by atoms with E-state index in [0.29, 0.717) is 0 Å². The second kappa shape index (κ2) is 10.4. The molecule has 0 aromatic heterocycles. The molecule has 0 aliphatic heterocycles. The number of rotatable bonds is 5. The molecule has 14 heavy (non-hydrogen) atoms. The molecule has 0 saturated heterocycles. The molecule has 0 radical (unpaired) electrons. The van der Waals surface area contributed by atoms with Gasteiger partial charge in [0.1, 0.15) is 0 Å². The Balaban J connectivity index is 0. The molecule has 1 aromatic rings. The van der Waals surface area contributed by atoms with Gasteiger partial charge in [0.05, 0.1) is 0 Å². The zero-order chi connectivity index (χ0) is 8.65. The van der Waals surface area contributed by atoms with E-state index in [4.69, 9.17) is 0 Å². The Hall–Kier alpha value is -0.703. The summed E-state index contributed by atoms with van der Waals surface area (Å²) in [6, 6.07) is 13.8. The Morgan fingerprint density at radius 3 is 2.29 bits per heavy atom. The molecule has 0 nitrogen and oxygen atoms in total. The average molecular weight is 218 g/mol. The van der Waals surface area contributed by atoms with Crippen LogP contribution >= 0.6 is 0 Å². The molecule has 0 amide bonds. The highest BCUT2D eigenvalue weighted by molar-refractivity contribution is 6.34. The van der Waals surface area contributed by atoms with Crippen LogP contribution in [0.4, 0.5) is 9.41 Å². The van der Waals surface area contributed by atoms with E-state index in [1.54, 1.807) is 5.56 Å². The lowest BCUT2D eigenvalue weighted by atomic mass is 10.2. The first-order chi connectivity index (χ1) is 5.93. The van der Waals surface area contributed by atoms with Gasteiger partial charge in [-0.1, -0.05) is 61.7 Å². The van der Waals surface area contributed by atoms with Gasteiger partial charge in [-0.15, -0.1) is 0 Å². The van der Waals surface area contributed by atoms with Gasteiger partial charge in [0, 0.05) is 9.52 Å². The molecule has 0 unspecified atom stereocenters. The number of halogens is 2. The van der Waals surface area contributed by atoms with Crippen LogP contribution in [0.3, 0.4) is 0 Å². The summed E-state index contributed by atoms with van der Waals surface area (Å²) in [6.07, 6.45) is 2.81. The van der Waals surface area contributed by atoms with Gasteiger partial charge in [-0.3, -0.25) is 9.41 Å². The third-order valence-corrected chi connectivity index (χ3v) is 4.09. The molecule has 0 bridgehead atoms. The van der Waals surface area contributed by atoms with Crippen LogP contribution in [0, 0.1) is 0 Å². The van der Waals surface area contributed by atoms with E-state index in [1.807, 2.05) is 0 Å². The standard InChI is InChI=1S/C11H18Si.2FH/c1-2-3-9-12-10-11-7-5-4-6-8-11;;/h4-8H,2-3,9-10,12H2,1H3;2*1H. The summed E-state index contributed by atoms with van der Waals surface area (Å²) in [5.74, 6) is 0. The molecule has 1 rings (SSSR count). The third-order valence-electron chi connectivity index (χ3n) is 2.16. The fourth-order valence-corrected chi connectivity index (χ4v) is 3.25. The van der Waals surface area contributed by atoms with Crippen LogP contribution in [0.1, 0.15) is 25.3 Å². The van der Waals surface area contributed by atoms with Crippen LogP contribution in [0.15, 0.2) is 30.3 Å². The van der Waals surface area contributed by atoms with Crippen molar-refractivity contribution in [3.8, 4) is 0 Å². The lowest BCUT2D eigenvalue weighted by Crippen LogP contribution is -1.95. The smallest absolute Gasteiger partial charge is 0.0247 e. The van der Waals surface area contributed by atoms with Crippen molar-refractivity contribution in [2.24, 2.45) is 0 Å². The van der Waals surface area contributed by atoms with Gasteiger partial charge in [0.15, 0.2) is 0 Å². The Labute approximate surface area is 87.3 Å². The minimum absolute atomic E-state index is 0. The molecule has 0 aliphatic carbocycles. The number of benzene rings is 1. The van der Waals surface area contributed by atoms with Crippen molar-refractivity contribution in [3.05, 3.63) is 35.9 Å². The Kier molecular flexibility index (Phi) is 11.7. The van der Waals surface area contributed by atoms with Gasteiger partial charge in [0.25, 0.3) is 0 Å². The normalized spacial score (nSPS) is 9.50. The zero-order valence-corrected chi connectivity index (χ0v) is 10.2. The van der Waals surface area contributed by atoms with Crippen molar-refractivity contribution >= 4 is 9.52 Å². The van der Waals surface area contributed by atoms with Crippen LogP contribution in [-0.4, -0.2) is 9.52 Å². The first kappa shape index (κ1) is 15.8. The first-order valence-corrected chi connectivity index (χ1v) is 6.97. The van der Waals surface area contributed by atoms with Gasteiger partial charge in [-0.25, -0.2) is 0 Å². The second-order valence-electron chi connectivity index (χ2n) is 3.30.